The summed E-state index contributed by atoms with van der Waals surface area (Å²) in [5, 5.41) is 21.5. The lowest BCUT2D eigenvalue weighted by molar-refractivity contribution is -0.151. The van der Waals surface area contributed by atoms with Gasteiger partial charge in [-0.25, -0.2) is 0 Å². The van der Waals surface area contributed by atoms with Gasteiger partial charge in [-0.2, -0.15) is 12.6 Å². The average Bonchev–Trinajstić information content (AvgIpc) is 2.44. The van der Waals surface area contributed by atoms with Gasteiger partial charge in [0.05, 0.1) is 6.61 Å². The van der Waals surface area contributed by atoms with Gasteiger partial charge in [0, 0.05) is 30.7 Å². The molecule has 20 heavy (non-hydrogen) atoms. The number of amides is 3. The molecule has 3 amide bonds. The third-order valence-electron chi connectivity index (χ3n) is 2.81. The summed E-state index contributed by atoms with van der Waals surface area (Å²) in [6.07, 6.45) is -1.30. The fourth-order valence-electron chi connectivity index (χ4n) is 1.30. The highest BCUT2D eigenvalue weighted by atomic mass is 32.1. The molecule has 0 rings (SSSR count). The molecule has 0 aromatic heterocycles. The maximum atomic E-state index is 11.9. The van der Waals surface area contributed by atoms with E-state index in [9.17, 15) is 19.5 Å². The maximum Gasteiger partial charge on any atom is 0.258 e. The van der Waals surface area contributed by atoms with Crippen molar-refractivity contribution in [2.24, 2.45) is 5.41 Å². The fraction of sp³-hybridized carbons (Fsp3) is 0.750. The summed E-state index contributed by atoms with van der Waals surface area (Å²) in [6, 6.07) is 0. The van der Waals surface area contributed by atoms with E-state index in [1.807, 2.05) is 0 Å². The van der Waals surface area contributed by atoms with Gasteiger partial charge in [-0.3, -0.25) is 19.3 Å². The van der Waals surface area contributed by atoms with Crippen LogP contribution in [0, 0.1) is 5.41 Å². The molecule has 0 radical (unpaired) electrons. The van der Waals surface area contributed by atoms with Gasteiger partial charge >= 0.3 is 0 Å². The van der Waals surface area contributed by atoms with E-state index in [4.69, 9.17) is 5.11 Å². The highest BCUT2D eigenvalue weighted by Crippen LogP contribution is 2.21. The first kappa shape index (κ1) is 18.9. The van der Waals surface area contributed by atoms with Gasteiger partial charge in [0.2, 0.25) is 12.3 Å². The van der Waals surface area contributed by atoms with Crippen LogP contribution in [0.4, 0.5) is 0 Å². The summed E-state index contributed by atoms with van der Waals surface area (Å²) < 4.78 is 0. The molecule has 7 nitrogen and oxygen atoms in total. The quantitative estimate of drug-likeness (QED) is 0.316. The van der Waals surface area contributed by atoms with E-state index in [0.717, 1.165) is 4.90 Å². The molecule has 8 heteroatoms. The second-order valence-electron chi connectivity index (χ2n) is 5.01. The molecule has 0 aromatic rings. The fourth-order valence-corrected chi connectivity index (χ4v) is 1.41. The van der Waals surface area contributed by atoms with E-state index in [0.29, 0.717) is 12.3 Å². The summed E-state index contributed by atoms with van der Waals surface area (Å²) in [5.41, 5.74) is -1.06. The van der Waals surface area contributed by atoms with Crippen molar-refractivity contribution >= 4 is 30.9 Å². The Morgan fingerprint density at radius 3 is 2.50 bits per heavy atom. The van der Waals surface area contributed by atoms with Crippen LogP contribution in [0.1, 0.15) is 20.3 Å². The van der Waals surface area contributed by atoms with Crippen LogP contribution >= 0.6 is 12.6 Å². The molecule has 0 saturated carbocycles. The minimum absolute atomic E-state index is 0.0511. The Balaban J connectivity index is 4.49. The van der Waals surface area contributed by atoms with Gasteiger partial charge in [0.15, 0.2) is 0 Å². The third-order valence-corrected chi connectivity index (χ3v) is 3.03. The number of carbonyl (C=O) groups is 3. The van der Waals surface area contributed by atoms with Crippen molar-refractivity contribution < 1.29 is 24.6 Å². The van der Waals surface area contributed by atoms with Gasteiger partial charge in [-0.05, 0) is 0 Å². The standard InChI is InChI=1S/C12H22N2O5S/c1-12(2,7-15)10(18)11(19)14(8-16)5-3-9(17)13-4-6-20/h8,10,15,18,20H,3-7H2,1-2H3,(H,13,17)/t10-/m0/s1. The number of rotatable bonds is 9. The molecule has 0 aromatic carbocycles. The molecule has 0 bridgehead atoms. The number of nitrogens with zero attached hydrogens (tertiary/aromatic N) is 1. The van der Waals surface area contributed by atoms with E-state index >= 15 is 0 Å². The minimum atomic E-state index is -1.52. The van der Waals surface area contributed by atoms with E-state index in [1.165, 1.54) is 13.8 Å². The lowest BCUT2D eigenvalue weighted by Crippen LogP contribution is -2.48. The number of hydrogen-bond acceptors (Lipinski definition) is 6. The smallest absolute Gasteiger partial charge is 0.258 e. The summed E-state index contributed by atoms with van der Waals surface area (Å²) in [7, 11) is 0. The number of aliphatic hydroxyl groups excluding tert-OH is 2. The van der Waals surface area contributed by atoms with Gasteiger partial charge in [-0.1, -0.05) is 13.8 Å². The first-order chi connectivity index (χ1) is 9.30. The van der Waals surface area contributed by atoms with Gasteiger partial charge in [0.1, 0.15) is 6.10 Å². The van der Waals surface area contributed by atoms with Gasteiger partial charge in [0.25, 0.3) is 5.91 Å². The zero-order valence-corrected chi connectivity index (χ0v) is 12.6. The van der Waals surface area contributed by atoms with Crippen LogP contribution in [-0.4, -0.2) is 64.9 Å². The second kappa shape index (κ2) is 8.93. The first-order valence-corrected chi connectivity index (χ1v) is 6.85. The highest BCUT2D eigenvalue weighted by Gasteiger charge is 2.35. The van der Waals surface area contributed by atoms with Crippen molar-refractivity contribution in [2.45, 2.75) is 26.4 Å². The second-order valence-corrected chi connectivity index (χ2v) is 5.46. The third kappa shape index (κ3) is 5.89. The van der Waals surface area contributed by atoms with Crippen LogP contribution in [0.5, 0.6) is 0 Å². The van der Waals surface area contributed by atoms with E-state index in [-0.39, 0.29) is 25.3 Å². The van der Waals surface area contributed by atoms with Crippen molar-refractivity contribution in [2.75, 3.05) is 25.4 Å². The molecule has 0 aliphatic carbocycles. The summed E-state index contributed by atoms with van der Waals surface area (Å²) in [4.78, 5) is 34.9. The number of nitrogens with one attached hydrogen (secondary N) is 1. The molecule has 0 fully saturated rings. The summed E-state index contributed by atoms with van der Waals surface area (Å²) in [6.45, 7) is 2.86. The monoisotopic (exact) mass is 306 g/mol. The normalized spacial score (nSPS) is 12.7. The van der Waals surface area contributed by atoms with Crippen molar-refractivity contribution in [3.8, 4) is 0 Å². The number of hydrogen-bond donors (Lipinski definition) is 4. The van der Waals surface area contributed by atoms with E-state index < -0.39 is 24.0 Å². The van der Waals surface area contributed by atoms with Gasteiger partial charge in [-0.15, -0.1) is 0 Å². The lowest BCUT2D eigenvalue weighted by atomic mass is 9.87. The molecule has 0 unspecified atom stereocenters. The molecule has 1 atom stereocenters. The maximum absolute atomic E-state index is 11.9. The van der Waals surface area contributed by atoms with E-state index in [1.54, 1.807) is 0 Å². The molecule has 0 spiro atoms. The predicted octanol–water partition coefficient (Wildman–Crippen LogP) is -1.21. The Bertz CT molecular complexity index is 349. The summed E-state index contributed by atoms with van der Waals surface area (Å²) in [5.74, 6) is -0.651. The largest absolute Gasteiger partial charge is 0.396 e. The molecule has 0 saturated heterocycles. The molecular formula is C12H22N2O5S. The number of imide groups is 1. The molecular weight excluding hydrogens is 284 g/mol. The molecule has 116 valence electrons. The molecule has 0 aliphatic heterocycles. The van der Waals surface area contributed by atoms with Crippen molar-refractivity contribution in [1.29, 1.82) is 0 Å². The molecule has 0 heterocycles. The Labute approximate surface area is 123 Å². The highest BCUT2D eigenvalue weighted by molar-refractivity contribution is 7.80. The molecule has 0 aliphatic rings. The van der Waals surface area contributed by atoms with Crippen LogP contribution in [0.25, 0.3) is 0 Å². The zero-order valence-electron chi connectivity index (χ0n) is 11.7. The number of aliphatic hydroxyl groups is 2. The van der Waals surface area contributed by atoms with Crippen LogP contribution in [0.2, 0.25) is 0 Å². The van der Waals surface area contributed by atoms with Crippen molar-refractivity contribution in [1.82, 2.24) is 10.2 Å². The van der Waals surface area contributed by atoms with E-state index in [2.05, 4.69) is 17.9 Å². The first-order valence-electron chi connectivity index (χ1n) is 6.22. The number of carbonyl (C=O) groups excluding carboxylic acids is 3. The summed E-state index contributed by atoms with van der Waals surface area (Å²) >= 11 is 3.93. The van der Waals surface area contributed by atoms with Crippen molar-refractivity contribution in [3.63, 3.8) is 0 Å². The van der Waals surface area contributed by atoms with Gasteiger partial charge < -0.3 is 15.5 Å². The van der Waals surface area contributed by atoms with Crippen LogP contribution in [0.15, 0.2) is 0 Å². The Morgan fingerprint density at radius 1 is 1.45 bits per heavy atom. The zero-order chi connectivity index (χ0) is 15.8. The SMILES string of the molecule is CC(C)(CO)[C@@H](O)C(=O)N(C=O)CCC(=O)NCCS. The van der Waals surface area contributed by atoms with Crippen LogP contribution < -0.4 is 5.32 Å². The van der Waals surface area contributed by atoms with Crippen molar-refractivity contribution in [3.05, 3.63) is 0 Å². The predicted molar refractivity (Wildman–Crippen MR) is 76.1 cm³/mol. The van der Waals surface area contributed by atoms with Crippen LogP contribution in [0.3, 0.4) is 0 Å². The topological polar surface area (TPSA) is 107 Å². The average molecular weight is 306 g/mol. The Hall–Kier alpha value is -1.12. The molecule has 3 N–H and O–H groups in total. The minimum Gasteiger partial charge on any atom is -0.396 e. The number of thiol groups is 1. The van der Waals surface area contributed by atoms with Crippen LogP contribution in [-0.2, 0) is 14.4 Å². The lowest BCUT2D eigenvalue weighted by Gasteiger charge is -2.29. The Morgan fingerprint density at radius 2 is 2.05 bits per heavy atom. The Kier molecular flexibility index (Phi) is 8.43.